The highest BCUT2D eigenvalue weighted by Gasteiger charge is 2.30. The van der Waals surface area contributed by atoms with E-state index in [2.05, 4.69) is 5.32 Å². The molecule has 1 aromatic carbocycles. The first kappa shape index (κ1) is 17.6. The van der Waals surface area contributed by atoms with E-state index in [0.29, 0.717) is 6.42 Å². The van der Waals surface area contributed by atoms with Gasteiger partial charge in [0.2, 0.25) is 0 Å². The Morgan fingerprint density at radius 1 is 1.38 bits per heavy atom. The highest BCUT2D eigenvalue weighted by molar-refractivity contribution is 7.92. The molecule has 0 aliphatic heterocycles. The average Bonchev–Trinajstić information content (AvgIpc) is 2.38. The lowest BCUT2D eigenvalue weighted by Gasteiger charge is -2.26. The zero-order chi connectivity index (χ0) is 16.3. The minimum atomic E-state index is -3.18. The molecule has 1 atom stereocenters. The second-order valence-corrected chi connectivity index (χ2v) is 8.38. The molecule has 6 nitrogen and oxygen atoms in total. The third-order valence-electron chi connectivity index (χ3n) is 3.67. The van der Waals surface area contributed by atoms with Gasteiger partial charge in [-0.3, -0.25) is 10.1 Å². The molecule has 0 aliphatic carbocycles. The van der Waals surface area contributed by atoms with Gasteiger partial charge in [0.15, 0.2) is 9.84 Å². The number of nitrogens with zero attached hydrogens (tertiary/aromatic N) is 1. The van der Waals surface area contributed by atoms with Crippen molar-refractivity contribution < 1.29 is 13.3 Å². The number of hydrogen-bond acceptors (Lipinski definition) is 5. The van der Waals surface area contributed by atoms with Crippen LogP contribution in [0.2, 0.25) is 0 Å². The normalized spacial score (nSPS) is 13.9. The van der Waals surface area contributed by atoms with E-state index in [1.807, 2.05) is 13.0 Å². The van der Waals surface area contributed by atoms with Gasteiger partial charge in [0, 0.05) is 31.0 Å². The van der Waals surface area contributed by atoms with Gasteiger partial charge in [-0.1, -0.05) is 19.1 Å². The van der Waals surface area contributed by atoms with Gasteiger partial charge in [-0.05, 0) is 25.8 Å². The maximum atomic E-state index is 11.7. The van der Waals surface area contributed by atoms with Gasteiger partial charge in [-0.2, -0.15) is 0 Å². The number of sulfone groups is 1. The quantitative estimate of drug-likeness (QED) is 0.617. The molecule has 1 aromatic rings. The summed E-state index contributed by atoms with van der Waals surface area (Å²) in [5.74, 6) is 0. The predicted molar refractivity (Wildman–Crippen MR) is 83.1 cm³/mol. The summed E-state index contributed by atoms with van der Waals surface area (Å²) in [7, 11) is -3.18. The second-order valence-electron chi connectivity index (χ2n) is 5.73. The molecule has 0 saturated heterocycles. The third-order valence-corrected chi connectivity index (χ3v) is 5.82. The molecule has 0 spiro atoms. The first-order valence-corrected chi connectivity index (χ1v) is 8.65. The van der Waals surface area contributed by atoms with Crippen LogP contribution < -0.4 is 5.32 Å². The van der Waals surface area contributed by atoms with E-state index in [1.54, 1.807) is 19.9 Å². The predicted octanol–water partition coefficient (Wildman–Crippen LogP) is 2.46. The first-order valence-electron chi connectivity index (χ1n) is 6.76. The lowest BCUT2D eigenvalue weighted by atomic mass is 10.0. The van der Waals surface area contributed by atoms with Crippen LogP contribution >= 0.6 is 0 Å². The summed E-state index contributed by atoms with van der Waals surface area (Å²) in [6.07, 6.45) is 1.92. The van der Waals surface area contributed by atoms with E-state index >= 15 is 0 Å². The van der Waals surface area contributed by atoms with Gasteiger partial charge >= 0.3 is 0 Å². The number of nitro benzene ring substituents is 1. The minimum Gasteiger partial charge on any atom is -0.308 e. The van der Waals surface area contributed by atoms with E-state index in [9.17, 15) is 18.5 Å². The number of rotatable bonds is 7. The standard InChI is InChI=1S/C14H22N2O4S/c1-5-13(15-10-14(2,3)21(4,19)20)11-7-6-8-12(9-11)16(17)18/h6-9,13,15H,5,10H2,1-4H3. The number of nitrogens with one attached hydrogen (secondary N) is 1. The fraction of sp³-hybridized carbons (Fsp3) is 0.571. The van der Waals surface area contributed by atoms with Gasteiger partial charge in [0.05, 0.1) is 9.67 Å². The lowest BCUT2D eigenvalue weighted by molar-refractivity contribution is -0.384. The summed E-state index contributed by atoms with van der Waals surface area (Å²) in [4.78, 5) is 10.4. The molecule has 0 aromatic heterocycles. The molecule has 118 valence electrons. The zero-order valence-corrected chi connectivity index (χ0v) is 13.6. The largest absolute Gasteiger partial charge is 0.308 e. The smallest absolute Gasteiger partial charge is 0.269 e. The van der Waals surface area contributed by atoms with E-state index in [0.717, 1.165) is 5.56 Å². The van der Waals surface area contributed by atoms with Crippen LogP contribution in [0.1, 0.15) is 38.8 Å². The van der Waals surface area contributed by atoms with Crippen molar-refractivity contribution in [1.82, 2.24) is 5.32 Å². The summed E-state index contributed by atoms with van der Waals surface area (Å²) in [6.45, 7) is 5.56. The molecule has 1 N–H and O–H groups in total. The summed E-state index contributed by atoms with van der Waals surface area (Å²) in [5.41, 5.74) is 0.825. The topological polar surface area (TPSA) is 89.3 Å². The van der Waals surface area contributed by atoms with Crippen LogP contribution in [0.25, 0.3) is 0 Å². The van der Waals surface area contributed by atoms with E-state index in [1.165, 1.54) is 18.4 Å². The fourth-order valence-corrected chi connectivity index (χ4v) is 2.20. The highest BCUT2D eigenvalue weighted by Crippen LogP contribution is 2.23. The molecule has 1 rings (SSSR count). The molecule has 0 heterocycles. The van der Waals surface area contributed by atoms with Crippen molar-refractivity contribution in [3.8, 4) is 0 Å². The Kier molecular flexibility index (Phi) is 5.47. The van der Waals surface area contributed by atoms with Crippen molar-refractivity contribution in [3.63, 3.8) is 0 Å². The Labute approximate surface area is 125 Å². The summed E-state index contributed by atoms with van der Waals surface area (Å²) < 4.78 is 22.5. The molecule has 0 amide bonds. The van der Waals surface area contributed by atoms with Crippen molar-refractivity contribution in [2.75, 3.05) is 12.8 Å². The van der Waals surface area contributed by atoms with Crippen LogP contribution in [0.4, 0.5) is 5.69 Å². The Balaban J connectivity index is 2.90. The maximum absolute atomic E-state index is 11.7. The monoisotopic (exact) mass is 314 g/mol. The lowest BCUT2D eigenvalue weighted by Crippen LogP contribution is -2.42. The van der Waals surface area contributed by atoms with Crippen molar-refractivity contribution in [3.05, 3.63) is 39.9 Å². The number of benzene rings is 1. The maximum Gasteiger partial charge on any atom is 0.269 e. The van der Waals surface area contributed by atoms with Crippen LogP contribution in [0.15, 0.2) is 24.3 Å². The summed E-state index contributed by atoms with van der Waals surface area (Å²) >= 11 is 0. The number of nitro groups is 1. The van der Waals surface area contributed by atoms with Crippen LogP contribution in [0, 0.1) is 10.1 Å². The molecular formula is C14H22N2O4S. The number of hydrogen-bond donors (Lipinski definition) is 1. The van der Waals surface area contributed by atoms with Gasteiger partial charge in [-0.25, -0.2) is 8.42 Å². The van der Waals surface area contributed by atoms with Crippen LogP contribution in [0.5, 0.6) is 0 Å². The van der Waals surface area contributed by atoms with Crippen LogP contribution in [0.3, 0.4) is 0 Å². The Morgan fingerprint density at radius 2 is 2.00 bits per heavy atom. The molecule has 1 unspecified atom stereocenters. The van der Waals surface area contributed by atoms with Gasteiger partial charge in [-0.15, -0.1) is 0 Å². The van der Waals surface area contributed by atoms with E-state index in [4.69, 9.17) is 0 Å². The number of non-ortho nitro benzene ring substituents is 1. The van der Waals surface area contributed by atoms with Crippen molar-refractivity contribution in [2.45, 2.75) is 38.0 Å². The van der Waals surface area contributed by atoms with Crippen molar-refractivity contribution in [1.29, 1.82) is 0 Å². The van der Waals surface area contributed by atoms with Crippen molar-refractivity contribution >= 4 is 15.5 Å². The van der Waals surface area contributed by atoms with Gasteiger partial charge in [0.25, 0.3) is 5.69 Å². The molecule has 0 fully saturated rings. The Bertz CT molecular complexity index is 611. The Morgan fingerprint density at radius 3 is 2.48 bits per heavy atom. The highest BCUT2D eigenvalue weighted by atomic mass is 32.2. The van der Waals surface area contributed by atoms with Crippen LogP contribution in [-0.4, -0.2) is 30.9 Å². The van der Waals surface area contributed by atoms with E-state index < -0.39 is 19.5 Å². The van der Waals surface area contributed by atoms with Crippen molar-refractivity contribution in [2.24, 2.45) is 0 Å². The molecule has 0 saturated carbocycles. The van der Waals surface area contributed by atoms with Gasteiger partial charge < -0.3 is 5.32 Å². The summed E-state index contributed by atoms with van der Waals surface area (Å²) in [6, 6.07) is 6.29. The molecule has 0 bridgehead atoms. The first-order chi connectivity index (χ1) is 9.58. The van der Waals surface area contributed by atoms with Crippen LogP contribution in [-0.2, 0) is 9.84 Å². The third kappa shape index (κ3) is 4.50. The second kappa shape index (κ2) is 6.53. The van der Waals surface area contributed by atoms with E-state index in [-0.39, 0.29) is 18.3 Å². The molecule has 7 heteroatoms. The molecule has 21 heavy (non-hydrogen) atoms. The zero-order valence-electron chi connectivity index (χ0n) is 12.8. The SMILES string of the molecule is CCC(NCC(C)(C)S(C)(=O)=O)c1cccc([N+](=O)[O-])c1. The minimum absolute atomic E-state index is 0.0372. The Hall–Kier alpha value is -1.47. The van der Waals surface area contributed by atoms with Gasteiger partial charge in [0.1, 0.15) is 0 Å². The fourth-order valence-electron chi connectivity index (χ4n) is 1.85. The summed E-state index contributed by atoms with van der Waals surface area (Å²) in [5, 5.41) is 14.0. The molecule has 0 radical (unpaired) electrons. The molecule has 0 aliphatic rings. The average molecular weight is 314 g/mol. The molecular weight excluding hydrogens is 292 g/mol.